The summed E-state index contributed by atoms with van der Waals surface area (Å²) >= 11 is 0. The Morgan fingerprint density at radius 1 is 0.757 bits per heavy atom. The van der Waals surface area contributed by atoms with E-state index >= 15 is 0 Å². The zero-order chi connectivity index (χ0) is 26.5. The normalized spacial score (nSPS) is 22.6. The molecule has 2 aliphatic carbocycles. The van der Waals surface area contributed by atoms with E-state index in [1.165, 1.54) is 14.2 Å². The molecule has 5 rings (SSSR count). The van der Waals surface area contributed by atoms with Gasteiger partial charge in [0.15, 0.2) is 0 Å². The molecular formula is C28H27NO8. The second-order valence-electron chi connectivity index (χ2n) is 9.15. The quantitative estimate of drug-likeness (QED) is 0.447. The van der Waals surface area contributed by atoms with Crippen molar-refractivity contribution < 1.29 is 38.1 Å². The molecule has 9 heteroatoms. The Kier molecular flexibility index (Phi) is 6.11. The van der Waals surface area contributed by atoms with Crippen LogP contribution in [-0.2, 0) is 43.7 Å². The van der Waals surface area contributed by atoms with E-state index < -0.39 is 35.3 Å². The lowest BCUT2D eigenvalue weighted by atomic mass is 9.63. The maximum Gasteiger partial charge on any atom is 0.339 e. The number of ether oxygens (including phenoxy) is 4. The molecule has 3 aliphatic rings. The highest BCUT2D eigenvalue weighted by atomic mass is 16.5. The highest BCUT2D eigenvalue weighted by Gasteiger charge is 2.64. The number of nitrogens with zero attached hydrogens (tertiary/aromatic N) is 1. The number of hydrogen-bond acceptors (Lipinski definition) is 9. The zero-order valence-electron chi connectivity index (χ0n) is 21.1. The van der Waals surface area contributed by atoms with Crippen LogP contribution in [-0.4, -0.2) is 70.3 Å². The molecule has 0 bridgehead atoms. The maximum atomic E-state index is 13.8. The van der Waals surface area contributed by atoms with Gasteiger partial charge in [0.2, 0.25) is 0 Å². The fourth-order valence-corrected chi connectivity index (χ4v) is 6.44. The average molecular weight is 506 g/mol. The van der Waals surface area contributed by atoms with Gasteiger partial charge in [0.05, 0.1) is 56.3 Å². The monoisotopic (exact) mass is 505 g/mol. The summed E-state index contributed by atoms with van der Waals surface area (Å²) in [4.78, 5) is 56.2. The van der Waals surface area contributed by atoms with E-state index in [2.05, 4.69) is 4.90 Å². The van der Waals surface area contributed by atoms with Crippen LogP contribution in [0.2, 0.25) is 0 Å². The first-order valence-corrected chi connectivity index (χ1v) is 12.0. The minimum absolute atomic E-state index is 0.0505. The van der Waals surface area contributed by atoms with Gasteiger partial charge < -0.3 is 18.9 Å². The summed E-state index contributed by atoms with van der Waals surface area (Å²) in [5.74, 6) is -4.37. The molecule has 9 nitrogen and oxygen atoms in total. The van der Waals surface area contributed by atoms with Crippen LogP contribution in [0, 0.1) is 0 Å². The standard InChI is InChI=1S/C28H27NO8/c1-34-24(30)19-20(25(31)35-2)22-16-11-7-9-15-10-8-12-17(18(15)16)28(22,29-13-5-6-14-29)23(27(33)37-4)21(19)26(32)36-3/h7-12,22H,5-6,13-14H2,1-4H3/t22-,28-/m1/s1. The molecule has 0 unspecified atom stereocenters. The minimum Gasteiger partial charge on any atom is -0.466 e. The Bertz CT molecular complexity index is 1410. The van der Waals surface area contributed by atoms with E-state index in [9.17, 15) is 19.2 Å². The number of carbonyl (C=O) groups is 4. The lowest BCUT2D eigenvalue weighted by molar-refractivity contribution is -0.143. The Morgan fingerprint density at radius 2 is 1.32 bits per heavy atom. The van der Waals surface area contributed by atoms with Gasteiger partial charge in [0.1, 0.15) is 0 Å². The predicted octanol–water partition coefficient (Wildman–Crippen LogP) is 2.53. The molecule has 0 saturated carbocycles. The molecule has 2 aromatic rings. The average Bonchev–Trinajstić information content (AvgIpc) is 3.57. The molecule has 0 radical (unpaired) electrons. The van der Waals surface area contributed by atoms with E-state index in [0.29, 0.717) is 13.1 Å². The van der Waals surface area contributed by atoms with E-state index in [-0.39, 0.29) is 22.3 Å². The van der Waals surface area contributed by atoms with Gasteiger partial charge in [-0.2, -0.15) is 0 Å². The van der Waals surface area contributed by atoms with Crippen molar-refractivity contribution >= 4 is 34.6 Å². The van der Waals surface area contributed by atoms with Crippen LogP contribution >= 0.6 is 0 Å². The Labute approximate surface area is 213 Å². The Balaban J connectivity index is 2.07. The summed E-state index contributed by atoms with van der Waals surface area (Å²) in [6.45, 7) is 1.19. The second-order valence-corrected chi connectivity index (χ2v) is 9.15. The zero-order valence-corrected chi connectivity index (χ0v) is 21.1. The van der Waals surface area contributed by atoms with Crippen LogP contribution in [0.4, 0.5) is 0 Å². The molecule has 1 aliphatic heterocycles. The van der Waals surface area contributed by atoms with Crippen LogP contribution in [0.3, 0.4) is 0 Å². The molecule has 0 amide bonds. The predicted molar refractivity (Wildman–Crippen MR) is 131 cm³/mol. The van der Waals surface area contributed by atoms with Gasteiger partial charge in [0, 0.05) is 5.92 Å². The number of benzene rings is 2. The SMILES string of the molecule is COC(=O)C1=C(C(=O)OC)[C@H]2c3cccc4cccc(c34)[C@]2(N2CCCC2)C(C(=O)OC)=C1C(=O)OC. The molecule has 2 atom stereocenters. The van der Waals surface area contributed by atoms with E-state index in [1.54, 1.807) is 0 Å². The van der Waals surface area contributed by atoms with Crippen molar-refractivity contribution in [2.75, 3.05) is 41.5 Å². The maximum absolute atomic E-state index is 13.8. The van der Waals surface area contributed by atoms with Gasteiger partial charge in [-0.15, -0.1) is 0 Å². The van der Waals surface area contributed by atoms with Crippen molar-refractivity contribution in [3.05, 3.63) is 69.8 Å². The topological polar surface area (TPSA) is 108 Å². The number of fused-ring (bicyclic) bond motifs is 3. The number of esters is 4. The van der Waals surface area contributed by atoms with Gasteiger partial charge in [-0.25, -0.2) is 19.2 Å². The summed E-state index contributed by atoms with van der Waals surface area (Å²) in [5.41, 5.74) is -0.645. The van der Waals surface area contributed by atoms with E-state index in [0.717, 1.165) is 49.0 Å². The smallest absolute Gasteiger partial charge is 0.339 e. The van der Waals surface area contributed by atoms with Crippen molar-refractivity contribution in [1.82, 2.24) is 4.90 Å². The van der Waals surface area contributed by atoms with Gasteiger partial charge >= 0.3 is 23.9 Å². The second kappa shape index (κ2) is 9.15. The van der Waals surface area contributed by atoms with Gasteiger partial charge in [-0.3, -0.25) is 4.90 Å². The molecule has 192 valence electrons. The molecule has 2 aromatic carbocycles. The van der Waals surface area contributed by atoms with Crippen LogP contribution < -0.4 is 0 Å². The fourth-order valence-electron chi connectivity index (χ4n) is 6.44. The van der Waals surface area contributed by atoms with Crippen LogP contribution in [0.25, 0.3) is 10.8 Å². The molecule has 1 saturated heterocycles. The summed E-state index contributed by atoms with van der Waals surface area (Å²) < 4.78 is 20.6. The van der Waals surface area contributed by atoms with Crippen molar-refractivity contribution in [2.45, 2.75) is 24.3 Å². The van der Waals surface area contributed by atoms with Gasteiger partial charge in [-0.05, 0) is 47.8 Å². The number of hydrogen-bond donors (Lipinski definition) is 0. The number of likely N-dealkylation sites (tertiary alicyclic amines) is 1. The number of rotatable bonds is 5. The number of carbonyl (C=O) groups excluding carboxylic acids is 4. The third kappa shape index (κ3) is 3.20. The largest absolute Gasteiger partial charge is 0.466 e. The number of methoxy groups -OCH3 is 4. The van der Waals surface area contributed by atoms with Crippen molar-refractivity contribution in [1.29, 1.82) is 0 Å². The lowest BCUT2D eigenvalue weighted by Gasteiger charge is -2.48. The van der Waals surface area contributed by atoms with Gasteiger partial charge in [-0.1, -0.05) is 36.4 Å². The van der Waals surface area contributed by atoms with Gasteiger partial charge in [0.25, 0.3) is 0 Å². The molecule has 0 aromatic heterocycles. The summed E-state index contributed by atoms with van der Waals surface area (Å²) in [7, 11) is 4.72. The third-order valence-corrected chi connectivity index (χ3v) is 7.69. The molecule has 0 spiro atoms. The lowest BCUT2D eigenvalue weighted by Crippen LogP contribution is -2.55. The molecule has 0 N–H and O–H groups in total. The molecule has 37 heavy (non-hydrogen) atoms. The Morgan fingerprint density at radius 3 is 1.92 bits per heavy atom. The fraction of sp³-hybridized carbons (Fsp3) is 0.357. The van der Waals surface area contributed by atoms with Crippen LogP contribution in [0.5, 0.6) is 0 Å². The highest BCUT2D eigenvalue weighted by molar-refractivity contribution is 6.19. The van der Waals surface area contributed by atoms with Crippen LogP contribution in [0.1, 0.15) is 29.9 Å². The first-order valence-electron chi connectivity index (χ1n) is 12.0. The Hall–Kier alpha value is -3.98. The highest BCUT2D eigenvalue weighted by Crippen LogP contribution is 2.63. The van der Waals surface area contributed by atoms with Crippen molar-refractivity contribution in [2.24, 2.45) is 0 Å². The molecule has 1 fully saturated rings. The summed E-state index contributed by atoms with van der Waals surface area (Å²) in [6, 6.07) is 11.4. The first kappa shape index (κ1) is 24.7. The minimum atomic E-state index is -1.32. The van der Waals surface area contributed by atoms with Crippen LogP contribution in [0.15, 0.2) is 58.7 Å². The summed E-state index contributed by atoms with van der Waals surface area (Å²) in [6.07, 6.45) is 1.70. The van der Waals surface area contributed by atoms with E-state index in [1.807, 2.05) is 36.4 Å². The van der Waals surface area contributed by atoms with Crippen molar-refractivity contribution in [3.63, 3.8) is 0 Å². The molecule has 1 heterocycles. The third-order valence-electron chi connectivity index (χ3n) is 7.69. The van der Waals surface area contributed by atoms with E-state index in [4.69, 9.17) is 18.9 Å². The summed E-state index contributed by atoms with van der Waals surface area (Å²) in [5, 5.41) is 1.75. The van der Waals surface area contributed by atoms with Crippen molar-refractivity contribution in [3.8, 4) is 0 Å². The molecular weight excluding hydrogens is 478 g/mol. The first-order chi connectivity index (χ1) is 17.9.